The summed E-state index contributed by atoms with van der Waals surface area (Å²) in [6.07, 6.45) is 0.330. The Morgan fingerprint density at radius 1 is 0.967 bits per heavy atom. The third kappa shape index (κ3) is 5.96. The highest BCUT2D eigenvalue weighted by molar-refractivity contribution is 5.94. The molecule has 0 unspecified atom stereocenters. The minimum Gasteiger partial charge on any atom is -0.486 e. The van der Waals surface area contributed by atoms with Crippen LogP contribution in [0.2, 0.25) is 0 Å². The zero-order valence-electron chi connectivity index (χ0n) is 16.8. The summed E-state index contributed by atoms with van der Waals surface area (Å²) in [5, 5.41) is 14.3. The Balaban J connectivity index is 1.50. The molecule has 0 fully saturated rings. The molecular formula is C22H24N4O4. The first-order valence-electron chi connectivity index (χ1n) is 9.75. The normalized spacial score (nSPS) is 12.2. The number of carbonyl (C=O) groups excluding carboxylic acids is 2. The summed E-state index contributed by atoms with van der Waals surface area (Å²) < 4.78 is 11.0. The fourth-order valence-corrected chi connectivity index (χ4v) is 3.01. The van der Waals surface area contributed by atoms with Gasteiger partial charge in [0.25, 0.3) is 0 Å². The summed E-state index contributed by atoms with van der Waals surface area (Å²) >= 11 is 0. The number of nitriles is 1. The maximum atomic E-state index is 12.4. The molecule has 0 atom stereocenters. The van der Waals surface area contributed by atoms with Gasteiger partial charge in [0, 0.05) is 17.4 Å². The number of amides is 2. The molecule has 3 rings (SSSR count). The first-order chi connectivity index (χ1) is 14.6. The summed E-state index contributed by atoms with van der Waals surface area (Å²) in [6, 6.07) is 14.5. The molecule has 0 aromatic heterocycles. The number of likely N-dealkylation sites (N-methyl/N-ethyl adjacent to an activating group) is 1. The number of anilines is 2. The maximum Gasteiger partial charge on any atom is 0.238 e. The summed E-state index contributed by atoms with van der Waals surface area (Å²) in [4.78, 5) is 26.5. The van der Waals surface area contributed by atoms with Crippen LogP contribution < -0.4 is 20.1 Å². The summed E-state index contributed by atoms with van der Waals surface area (Å²) in [5.74, 6) is 0.831. The van der Waals surface area contributed by atoms with Gasteiger partial charge >= 0.3 is 0 Å². The maximum absolute atomic E-state index is 12.4. The summed E-state index contributed by atoms with van der Waals surface area (Å²) in [5.41, 5.74) is 2.15. The third-order valence-electron chi connectivity index (χ3n) is 4.53. The molecule has 1 aliphatic heterocycles. The SMILES string of the molecule is CCN(CC(=O)Nc1ccc(CC#N)cc1)CC(=O)Nc1ccc2c(c1)OCCO2. The van der Waals surface area contributed by atoms with E-state index in [9.17, 15) is 9.59 Å². The molecule has 8 heteroatoms. The molecule has 1 aliphatic rings. The second kappa shape index (κ2) is 10.3. The minimum absolute atomic E-state index is 0.0828. The number of rotatable bonds is 8. The average molecular weight is 408 g/mol. The highest BCUT2D eigenvalue weighted by Gasteiger charge is 2.16. The van der Waals surface area contributed by atoms with Crippen molar-refractivity contribution in [2.75, 3.05) is 43.5 Å². The minimum atomic E-state index is -0.220. The molecule has 0 saturated carbocycles. The van der Waals surface area contributed by atoms with Crippen molar-refractivity contribution >= 4 is 23.2 Å². The quantitative estimate of drug-likeness (QED) is 0.695. The van der Waals surface area contributed by atoms with Crippen LogP contribution in [0.3, 0.4) is 0 Å². The van der Waals surface area contributed by atoms with Crippen molar-refractivity contribution < 1.29 is 19.1 Å². The number of nitrogens with zero attached hydrogens (tertiary/aromatic N) is 2. The first kappa shape index (κ1) is 21.1. The summed E-state index contributed by atoms with van der Waals surface area (Å²) in [6.45, 7) is 3.59. The number of benzene rings is 2. The smallest absolute Gasteiger partial charge is 0.238 e. The highest BCUT2D eigenvalue weighted by atomic mass is 16.6. The molecule has 0 bridgehead atoms. The molecule has 2 amide bonds. The molecule has 0 saturated heterocycles. The Labute approximate surface area is 175 Å². The van der Waals surface area contributed by atoms with E-state index >= 15 is 0 Å². The van der Waals surface area contributed by atoms with Gasteiger partial charge in [-0.15, -0.1) is 0 Å². The van der Waals surface area contributed by atoms with Crippen molar-refractivity contribution in [1.82, 2.24) is 4.90 Å². The molecule has 2 aromatic rings. The van der Waals surface area contributed by atoms with Crippen LogP contribution in [0, 0.1) is 11.3 Å². The van der Waals surface area contributed by atoms with Crippen LogP contribution in [0.15, 0.2) is 42.5 Å². The van der Waals surface area contributed by atoms with Crippen molar-refractivity contribution in [2.24, 2.45) is 0 Å². The van der Waals surface area contributed by atoms with Gasteiger partial charge in [-0.25, -0.2) is 0 Å². The zero-order valence-corrected chi connectivity index (χ0v) is 16.8. The molecule has 0 spiro atoms. The lowest BCUT2D eigenvalue weighted by atomic mass is 10.1. The molecule has 30 heavy (non-hydrogen) atoms. The van der Waals surface area contributed by atoms with Crippen molar-refractivity contribution in [2.45, 2.75) is 13.3 Å². The average Bonchev–Trinajstić information content (AvgIpc) is 2.74. The standard InChI is InChI=1S/C22H24N4O4/c1-2-26(14-21(27)24-17-5-3-16(4-6-17)9-10-23)15-22(28)25-18-7-8-19-20(13-18)30-12-11-29-19/h3-8,13H,2,9,11-12,14-15H2,1H3,(H,24,27)(H,25,28). The van der Waals surface area contributed by atoms with E-state index in [1.165, 1.54) is 0 Å². The topological polar surface area (TPSA) is 104 Å². The van der Waals surface area contributed by atoms with Crippen LogP contribution >= 0.6 is 0 Å². The molecule has 0 aliphatic carbocycles. The molecule has 2 aromatic carbocycles. The lowest BCUT2D eigenvalue weighted by Gasteiger charge is -2.21. The van der Waals surface area contributed by atoms with E-state index in [1.807, 2.05) is 6.92 Å². The van der Waals surface area contributed by atoms with Crippen molar-refractivity contribution in [3.8, 4) is 17.6 Å². The number of hydrogen-bond donors (Lipinski definition) is 2. The van der Waals surface area contributed by atoms with E-state index in [0.29, 0.717) is 49.1 Å². The largest absolute Gasteiger partial charge is 0.486 e. The highest BCUT2D eigenvalue weighted by Crippen LogP contribution is 2.32. The van der Waals surface area contributed by atoms with Gasteiger partial charge in [-0.1, -0.05) is 19.1 Å². The van der Waals surface area contributed by atoms with E-state index in [0.717, 1.165) is 5.56 Å². The van der Waals surface area contributed by atoms with Gasteiger partial charge in [0.15, 0.2) is 11.5 Å². The predicted molar refractivity (Wildman–Crippen MR) is 113 cm³/mol. The lowest BCUT2D eigenvalue weighted by molar-refractivity contribution is -0.119. The van der Waals surface area contributed by atoms with E-state index < -0.39 is 0 Å². The van der Waals surface area contributed by atoms with Crippen molar-refractivity contribution in [3.05, 3.63) is 48.0 Å². The molecule has 156 valence electrons. The van der Waals surface area contributed by atoms with Gasteiger partial charge in [0.05, 0.1) is 25.6 Å². The molecule has 8 nitrogen and oxygen atoms in total. The van der Waals surface area contributed by atoms with Crippen LogP contribution in [0.4, 0.5) is 11.4 Å². The second-order valence-electron chi connectivity index (χ2n) is 6.79. The van der Waals surface area contributed by atoms with Crippen molar-refractivity contribution in [1.29, 1.82) is 5.26 Å². The predicted octanol–water partition coefficient (Wildman–Crippen LogP) is 2.42. The first-order valence-corrected chi connectivity index (χ1v) is 9.75. The van der Waals surface area contributed by atoms with E-state index in [1.54, 1.807) is 47.4 Å². The molecule has 2 N–H and O–H groups in total. The van der Waals surface area contributed by atoms with E-state index in [2.05, 4.69) is 16.7 Å². The third-order valence-corrected chi connectivity index (χ3v) is 4.53. The molecule has 1 heterocycles. The van der Waals surface area contributed by atoms with Crippen LogP contribution in [0.1, 0.15) is 12.5 Å². The van der Waals surface area contributed by atoms with Gasteiger partial charge in [-0.2, -0.15) is 5.26 Å². The van der Waals surface area contributed by atoms with E-state index in [4.69, 9.17) is 14.7 Å². The monoisotopic (exact) mass is 408 g/mol. The van der Waals surface area contributed by atoms with Gasteiger partial charge in [-0.05, 0) is 36.4 Å². The number of fused-ring (bicyclic) bond motifs is 1. The number of nitrogens with one attached hydrogen (secondary N) is 2. The van der Waals surface area contributed by atoms with Gasteiger partial charge in [-0.3, -0.25) is 14.5 Å². The number of hydrogen-bond acceptors (Lipinski definition) is 6. The van der Waals surface area contributed by atoms with Gasteiger partial charge < -0.3 is 20.1 Å². The summed E-state index contributed by atoms with van der Waals surface area (Å²) in [7, 11) is 0. The number of carbonyl (C=O) groups is 2. The van der Waals surface area contributed by atoms with Crippen LogP contribution in [0.5, 0.6) is 11.5 Å². The lowest BCUT2D eigenvalue weighted by Crippen LogP contribution is -2.38. The fourth-order valence-electron chi connectivity index (χ4n) is 3.01. The Bertz CT molecular complexity index is 937. The number of ether oxygens (including phenoxy) is 2. The van der Waals surface area contributed by atoms with Crippen LogP contribution in [-0.4, -0.2) is 49.6 Å². The van der Waals surface area contributed by atoms with Crippen LogP contribution in [-0.2, 0) is 16.0 Å². The Kier molecular flexibility index (Phi) is 7.24. The fraction of sp³-hybridized carbons (Fsp3) is 0.318. The Morgan fingerprint density at radius 2 is 1.57 bits per heavy atom. The van der Waals surface area contributed by atoms with Gasteiger partial charge in [0.1, 0.15) is 13.2 Å². The second-order valence-corrected chi connectivity index (χ2v) is 6.79. The zero-order chi connectivity index (χ0) is 21.3. The molecule has 0 radical (unpaired) electrons. The van der Waals surface area contributed by atoms with Crippen LogP contribution in [0.25, 0.3) is 0 Å². The molecular weight excluding hydrogens is 384 g/mol. The van der Waals surface area contributed by atoms with Gasteiger partial charge in [0.2, 0.25) is 11.8 Å². The Morgan fingerprint density at radius 3 is 2.20 bits per heavy atom. The Hall–Kier alpha value is -3.57. The van der Waals surface area contributed by atoms with Crippen molar-refractivity contribution in [3.63, 3.8) is 0 Å². The van der Waals surface area contributed by atoms with E-state index in [-0.39, 0.29) is 24.9 Å².